The molecule has 1 aromatic carbocycles. The zero-order valence-corrected chi connectivity index (χ0v) is 12.5. The zero-order valence-electron chi connectivity index (χ0n) is 10.9. The molecule has 0 unspecified atom stereocenters. The van der Waals surface area contributed by atoms with Crippen molar-refractivity contribution in [2.75, 3.05) is 12.4 Å². The average Bonchev–Trinajstić information content (AvgIpc) is 2.48. The number of carbonyl (C=O) groups excluding carboxylic acids is 1. The van der Waals surface area contributed by atoms with E-state index in [9.17, 15) is 4.79 Å². The van der Waals surface area contributed by atoms with Crippen molar-refractivity contribution in [1.82, 2.24) is 10.3 Å². The predicted octanol–water partition coefficient (Wildman–Crippen LogP) is 3.17. The van der Waals surface area contributed by atoms with E-state index < -0.39 is 0 Å². The first-order chi connectivity index (χ1) is 9.69. The minimum absolute atomic E-state index is 0.301. The number of anilines is 1. The van der Waals surface area contributed by atoms with Gasteiger partial charge in [-0.15, -0.1) is 0 Å². The van der Waals surface area contributed by atoms with E-state index in [1.54, 1.807) is 25.4 Å². The lowest BCUT2D eigenvalue weighted by Gasteiger charge is -2.10. The second-order valence-corrected chi connectivity index (χ2v) is 4.83. The van der Waals surface area contributed by atoms with Gasteiger partial charge in [0.2, 0.25) is 0 Å². The van der Waals surface area contributed by atoms with Crippen molar-refractivity contribution in [3.05, 3.63) is 52.8 Å². The van der Waals surface area contributed by atoms with Crippen LogP contribution in [0.4, 0.5) is 10.5 Å². The average molecular weight is 336 g/mol. The largest absolute Gasteiger partial charge is 0.497 e. The summed E-state index contributed by atoms with van der Waals surface area (Å²) in [5.74, 6) is 0.674. The van der Waals surface area contributed by atoms with Crippen LogP contribution < -0.4 is 15.4 Å². The molecule has 0 spiro atoms. The van der Waals surface area contributed by atoms with E-state index >= 15 is 0 Å². The highest BCUT2D eigenvalue weighted by molar-refractivity contribution is 9.10. The first-order valence-corrected chi connectivity index (χ1v) is 6.76. The van der Waals surface area contributed by atoms with Crippen LogP contribution in [0.25, 0.3) is 0 Å². The summed E-state index contributed by atoms with van der Waals surface area (Å²) in [6.07, 6.45) is 1.69. The Morgan fingerprint density at radius 2 is 2.20 bits per heavy atom. The number of aromatic nitrogens is 1. The molecule has 1 aromatic heterocycles. The Morgan fingerprint density at radius 3 is 2.90 bits per heavy atom. The van der Waals surface area contributed by atoms with E-state index in [4.69, 9.17) is 4.74 Å². The summed E-state index contributed by atoms with van der Waals surface area (Å²) in [7, 11) is 1.58. The van der Waals surface area contributed by atoms with Gasteiger partial charge in [0.1, 0.15) is 5.75 Å². The molecule has 0 saturated heterocycles. The van der Waals surface area contributed by atoms with Gasteiger partial charge < -0.3 is 15.4 Å². The minimum atomic E-state index is -0.301. The van der Waals surface area contributed by atoms with Crippen LogP contribution in [0.2, 0.25) is 0 Å². The molecule has 0 radical (unpaired) electrons. The minimum Gasteiger partial charge on any atom is -0.497 e. The van der Waals surface area contributed by atoms with Crippen LogP contribution >= 0.6 is 15.9 Å². The maximum absolute atomic E-state index is 11.8. The van der Waals surface area contributed by atoms with Gasteiger partial charge in [-0.05, 0) is 40.2 Å². The smallest absolute Gasteiger partial charge is 0.319 e. The van der Waals surface area contributed by atoms with Gasteiger partial charge in [0, 0.05) is 16.7 Å². The Morgan fingerprint density at radius 1 is 1.35 bits per heavy atom. The summed E-state index contributed by atoms with van der Waals surface area (Å²) in [5, 5.41) is 5.49. The van der Waals surface area contributed by atoms with Crippen molar-refractivity contribution in [3.63, 3.8) is 0 Å². The van der Waals surface area contributed by atoms with Crippen molar-refractivity contribution in [3.8, 4) is 5.75 Å². The number of halogens is 1. The molecule has 0 bridgehead atoms. The SMILES string of the molecule is COc1ccc(Br)c(NC(=O)NCc2ccccn2)c1. The highest BCUT2D eigenvalue weighted by Gasteiger charge is 2.06. The van der Waals surface area contributed by atoms with Gasteiger partial charge in [-0.3, -0.25) is 4.98 Å². The quantitative estimate of drug-likeness (QED) is 0.901. The fraction of sp³-hybridized carbons (Fsp3) is 0.143. The molecule has 0 aliphatic rings. The van der Waals surface area contributed by atoms with Crippen LogP contribution in [-0.4, -0.2) is 18.1 Å². The van der Waals surface area contributed by atoms with Crippen molar-refractivity contribution in [2.45, 2.75) is 6.54 Å². The molecular weight excluding hydrogens is 322 g/mol. The van der Waals surface area contributed by atoms with Crippen LogP contribution in [0.5, 0.6) is 5.75 Å². The fourth-order valence-corrected chi connectivity index (χ4v) is 1.91. The third-order valence-electron chi connectivity index (χ3n) is 2.58. The van der Waals surface area contributed by atoms with Gasteiger partial charge in [-0.1, -0.05) is 6.07 Å². The van der Waals surface area contributed by atoms with E-state index in [0.29, 0.717) is 18.0 Å². The van der Waals surface area contributed by atoms with Gasteiger partial charge in [0.05, 0.1) is 25.0 Å². The monoisotopic (exact) mass is 335 g/mol. The summed E-state index contributed by atoms with van der Waals surface area (Å²) in [5.41, 5.74) is 1.44. The normalized spacial score (nSPS) is 9.90. The molecule has 2 amide bonds. The molecule has 0 fully saturated rings. The lowest BCUT2D eigenvalue weighted by molar-refractivity contribution is 0.251. The van der Waals surface area contributed by atoms with Crippen molar-refractivity contribution in [1.29, 1.82) is 0 Å². The molecule has 0 aliphatic heterocycles. The fourth-order valence-electron chi connectivity index (χ4n) is 1.57. The van der Waals surface area contributed by atoms with E-state index in [0.717, 1.165) is 10.2 Å². The summed E-state index contributed by atoms with van der Waals surface area (Å²) >= 11 is 3.37. The number of hydrogen-bond donors (Lipinski definition) is 2. The Kier molecular flexibility index (Phi) is 4.95. The summed E-state index contributed by atoms with van der Waals surface area (Å²) in [6, 6.07) is 10.6. The topological polar surface area (TPSA) is 63.2 Å². The van der Waals surface area contributed by atoms with Gasteiger partial charge >= 0.3 is 6.03 Å². The number of hydrogen-bond acceptors (Lipinski definition) is 3. The molecule has 1 heterocycles. The molecule has 0 aliphatic carbocycles. The number of amides is 2. The van der Waals surface area contributed by atoms with Crippen molar-refractivity contribution >= 4 is 27.6 Å². The zero-order chi connectivity index (χ0) is 14.4. The van der Waals surface area contributed by atoms with Crippen molar-refractivity contribution in [2.24, 2.45) is 0 Å². The molecule has 2 aromatic rings. The number of benzene rings is 1. The van der Waals surface area contributed by atoms with Crippen LogP contribution in [0.1, 0.15) is 5.69 Å². The van der Waals surface area contributed by atoms with Crippen LogP contribution in [-0.2, 0) is 6.54 Å². The van der Waals surface area contributed by atoms with Crippen LogP contribution in [0.3, 0.4) is 0 Å². The standard InChI is InChI=1S/C14H14BrN3O2/c1-20-11-5-6-12(15)13(8-11)18-14(19)17-9-10-4-2-3-7-16-10/h2-8H,9H2,1H3,(H2,17,18,19). The molecular formula is C14H14BrN3O2. The molecule has 6 heteroatoms. The molecule has 0 atom stereocenters. The molecule has 2 rings (SSSR count). The number of nitrogens with zero attached hydrogens (tertiary/aromatic N) is 1. The molecule has 0 saturated carbocycles. The Balaban J connectivity index is 1.94. The molecule has 2 N–H and O–H groups in total. The lowest BCUT2D eigenvalue weighted by Crippen LogP contribution is -2.28. The maximum Gasteiger partial charge on any atom is 0.319 e. The number of carbonyl (C=O) groups is 1. The number of rotatable bonds is 4. The first-order valence-electron chi connectivity index (χ1n) is 5.97. The maximum atomic E-state index is 11.8. The number of nitrogens with one attached hydrogen (secondary N) is 2. The number of methoxy groups -OCH3 is 1. The third kappa shape index (κ3) is 3.96. The van der Waals surface area contributed by atoms with Gasteiger partial charge in [-0.25, -0.2) is 4.79 Å². The van der Waals surface area contributed by atoms with Crippen LogP contribution in [0.15, 0.2) is 47.1 Å². The first kappa shape index (κ1) is 14.3. The highest BCUT2D eigenvalue weighted by atomic mass is 79.9. The van der Waals surface area contributed by atoms with Gasteiger partial charge in [-0.2, -0.15) is 0 Å². The van der Waals surface area contributed by atoms with E-state index in [-0.39, 0.29) is 6.03 Å². The second kappa shape index (κ2) is 6.91. The Hall–Kier alpha value is -2.08. The second-order valence-electron chi connectivity index (χ2n) is 3.97. The van der Waals surface area contributed by atoms with Gasteiger partial charge in [0.15, 0.2) is 0 Å². The van der Waals surface area contributed by atoms with Crippen LogP contribution in [0, 0.1) is 0 Å². The number of urea groups is 1. The van der Waals surface area contributed by atoms with Gasteiger partial charge in [0.25, 0.3) is 0 Å². The lowest BCUT2D eigenvalue weighted by atomic mass is 10.3. The summed E-state index contributed by atoms with van der Waals surface area (Å²) < 4.78 is 5.90. The van der Waals surface area contributed by atoms with Crippen molar-refractivity contribution < 1.29 is 9.53 Å². The summed E-state index contributed by atoms with van der Waals surface area (Å²) in [4.78, 5) is 16.0. The number of ether oxygens (including phenoxy) is 1. The molecule has 5 nitrogen and oxygen atoms in total. The number of pyridine rings is 1. The molecule has 104 valence electrons. The van der Waals surface area contributed by atoms with E-state index in [1.807, 2.05) is 24.3 Å². The summed E-state index contributed by atoms with van der Waals surface area (Å²) in [6.45, 7) is 0.369. The third-order valence-corrected chi connectivity index (χ3v) is 3.27. The highest BCUT2D eigenvalue weighted by Crippen LogP contribution is 2.26. The molecule has 20 heavy (non-hydrogen) atoms. The van der Waals surface area contributed by atoms with E-state index in [2.05, 4.69) is 31.5 Å². The Bertz CT molecular complexity index is 590. The van der Waals surface area contributed by atoms with E-state index in [1.165, 1.54) is 0 Å². The predicted molar refractivity (Wildman–Crippen MR) is 80.8 cm³/mol. The Labute approximate surface area is 125 Å².